The van der Waals surface area contributed by atoms with E-state index in [1.54, 1.807) is 7.11 Å². The average Bonchev–Trinajstić information content (AvgIpc) is 2.49. The van der Waals surface area contributed by atoms with E-state index < -0.39 is 0 Å². The SMILES string of the molecule is CNC(Cc1ccc(OC)cc1)Cc1ccc(F)cc1Br. The Kier molecular flexibility index (Phi) is 5.76. The first-order valence-corrected chi connectivity index (χ1v) is 7.66. The zero-order valence-corrected chi connectivity index (χ0v) is 13.8. The van der Waals surface area contributed by atoms with Crippen molar-refractivity contribution in [3.63, 3.8) is 0 Å². The maximum Gasteiger partial charge on any atom is 0.124 e. The van der Waals surface area contributed by atoms with E-state index in [1.807, 2.05) is 25.2 Å². The second kappa shape index (κ2) is 7.57. The highest BCUT2D eigenvalue weighted by Crippen LogP contribution is 2.21. The van der Waals surface area contributed by atoms with Crippen LogP contribution in [-0.2, 0) is 12.8 Å². The lowest BCUT2D eigenvalue weighted by Crippen LogP contribution is -2.30. The maximum atomic E-state index is 13.1. The Morgan fingerprint density at radius 1 is 1.14 bits per heavy atom. The normalized spacial score (nSPS) is 12.2. The summed E-state index contributed by atoms with van der Waals surface area (Å²) in [7, 11) is 3.61. The van der Waals surface area contributed by atoms with Gasteiger partial charge in [-0.05, 0) is 55.3 Å². The number of ether oxygens (including phenoxy) is 1. The Bertz CT molecular complexity index is 586. The van der Waals surface area contributed by atoms with Gasteiger partial charge in [-0.2, -0.15) is 0 Å². The molecule has 1 atom stereocenters. The third-order valence-corrected chi connectivity index (χ3v) is 4.27. The number of benzene rings is 2. The minimum Gasteiger partial charge on any atom is -0.497 e. The summed E-state index contributed by atoms with van der Waals surface area (Å²) < 4.78 is 19.1. The molecular weight excluding hydrogens is 333 g/mol. The van der Waals surface area contributed by atoms with Crippen molar-refractivity contribution in [1.82, 2.24) is 5.32 Å². The van der Waals surface area contributed by atoms with Crippen LogP contribution in [0.25, 0.3) is 0 Å². The molecule has 0 aromatic heterocycles. The van der Waals surface area contributed by atoms with Gasteiger partial charge in [0, 0.05) is 10.5 Å². The highest BCUT2D eigenvalue weighted by molar-refractivity contribution is 9.10. The minimum atomic E-state index is -0.221. The topological polar surface area (TPSA) is 21.3 Å². The molecule has 0 saturated heterocycles. The zero-order chi connectivity index (χ0) is 15.2. The van der Waals surface area contributed by atoms with Gasteiger partial charge in [0.25, 0.3) is 0 Å². The number of nitrogens with one attached hydrogen (secondary N) is 1. The van der Waals surface area contributed by atoms with Gasteiger partial charge in [-0.1, -0.05) is 34.1 Å². The Labute approximate surface area is 133 Å². The molecule has 0 bridgehead atoms. The summed E-state index contributed by atoms with van der Waals surface area (Å²) in [5.41, 5.74) is 2.35. The van der Waals surface area contributed by atoms with Crippen LogP contribution in [0.2, 0.25) is 0 Å². The summed E-state index contributed by atoms with van der Waals surface area (Å²) in [6.45, 7) is 0. The second-order valence-corrected chi connectivity index (χ2v) is 5.83. The average molecular weight is 352 g/mol. The van der Waals surface area contributed by atoms with E-state index in [0.29, 0.717) is 6.04 Å². The van der Waals surface area contributed by atoms with Crippen LogP contribution in [0.15, 0.2) is 46.9 Å². The maximum absolute atomic E-state index is 13.1. The molecule has 0 saturated carbocycles. The Morgan fingerprint density at radius 3 is 2.43 bits per heavy atom. The van der Waals surface area contributed by atoms with Crippen LogP contribution in [0.5, 0.6) is 5.75 Å². The molecule has 21 heavy (non-hydrogen) atoms. The summed E-state index contributed by atoms with van der Waals surface area (Å²) in [5, 5.41) is 3.32. The summed E-state index contributed by atoms with van der Waals surface area (Å²) in [6.07, 6.45) is 1.74. The molecule has 0 radical (unpaired) electrons. The van der Waals surface area contributed by atoms with Gasteiger partial charge < -0.3 is 10.1 Å². The quantitative estimate of drug-likeness (QED) is 0.850. The number of hydrogen-bond donors (Lipinski definition) is 1. The Hall–Kier alpha value is -1.39. The number of rotatable bonds is 6. The summed E-state index contributed by atoms with van der Waals surface area (Å²) in [6, 6.07) is 13.2. The molecule has 0 spiro atoms. The van der Waals surface area contributed by atoms with Gasteiger partial charge in [0.2, 0.25) is 0 Å². The van der Waals surface area contributed by atoms with E-state index in [9.17, 15) is 4.39 Å². The molecule has 0 heterocycles. The van der Waals surface area contributed by atoms with Crippen LogP contribution in [0.1, 0.15) is 11.1 Å². The van der Waals surface area contributed by atoms with E-state index in [-0.39, 0.29) is 5.82 Å². The van der Waals surface area contributed by atoms with E-state index in [4.69, 9.17) is 4.74 Å². The zero-order valence-electron chi connectivity index (χ0n) is 12.2. The molecule has 2 aromatic carbocycles. The van der Waals surface area contributed by atoms with Gasteiger partial charge >= 0.3 is 0 Å². The number of methoxy groups -OCH3 is 1. The number of hydrogen-bond acceptors (Lipinski definition) is 2. The van der Waals surface area contributed by atoms with Crippen molar-refractivity contribution in [2.45, 2.75) is 18.9 Å². The van der Waals surface area contributed by atoms with Gasteiger partial charge in [0.05, 0.1) is 7.11 Å². The van der Waals surface area contributed by atoms with E-state index in [1.165, 1.54) is 17.7 Å². The van der Waals surface area contributed by atoms with Gasteiger partial charge in [0.1, 0.15) is 11.6 Å². The van der Waals surface area contributed by atoms with Gasteiger partial charge in [-0.3, -0.25) is 0 Å². The molecule has 2 rings (SSSR count). The van der Waals surface area contributed by atoms with E-state index in [0.717, 1.165) is 28.6 Å². The van der Waals surface area contributed by atoms with Gasteiger partial charge in [0.15, 0.2) is 0 Å². The molecule has 0 aliphatic rings. The highest BCUT2D eigenvalue weighted by Gasteiger charge is 2.11. The number of halogens is 2. The molecule has 0 aliphatic carbocycles. The predicted octanol–water partition coefficient (Wildman–Crippen LogP) is 3.97. The van der Waals surface area contributed by atoms with Crippen LogP contribution < -0.4 is 10.1 Å². The fourth-order valence-electron chi connectivity index (χ4n) is 2.28. The minimum absolute atomic E-state index is 0.221. The molecular formula is C17H19BrFNO. The van der Waals surface area contributed by atoms with E-state index >= 15 is 0 Å². The molecule has 2 aromatic rings. The Morgan fingerprint density at radius 2 is 1.86 bits per heavy atom. The van der Waals surface area contributed by atoms with Crippen LogP contribution in [-0.4, -0.2) is 20.2 Å². The van der Waals surface area contributed by atoms with Crippen molar-refractivity contribution in [3.05, 3.63) is 63.9 Å². The molecule has 1 N–H and O–H groups in total. The molecule has 4 heteroatoms. The lowest BCUT2D eigenvalue weighted by atomic mass is 9.99. The van der Waals surface area contributed by atoms with Gasteiger partial charge in [-0.25, -0.2) is 4.39 Å². The van der Waals surface area contributed by atoms with Crippen LogP contribution >= 0.6 is 15.9 Å². The van der Waals surface area contributed by atoms with Crippen LogP contribution in [0.4, 0.5) is 4.39 Å². The van der Waals surface area contributed by atoms with Crippen LogP contribution in [0.3, 0.4) is 0 Å². The smallest absolute Gasteiger partial charge is 0.124 e. The lowest BCUT2D eigenvalue weighted by Gasteiger charge is -2.17. The molecule has 0 aliphatic heterocycles. The van der Waals surface area contributed by atoms with Crippen LogP contribution in [0, 0.1) is 5.82 Å². The largest absolute Gasteiger partial charge is 0.497 e. The predicted molar refractivity (Wildman–Crippen MR) is 87.3 cm³/mol. The highest BCUT2D eigenvalue weighted by atomic mass is 79.9. The third kappa shape index (κ3) is 4.55. The lowest BCUT2D eigenvalue weighted by molar-refractivity contribution is 0.414. The summed E-state index contributed by atoms with van der Waals surface area (Å²) >= 11 is 3.42. The molecule has 1 unspecified atom stereocenters. The molecule has 2 nitrogen and oxygen atoms in total. The van der Waals surface area contributed by atoms with Crippen molar-refractivity contribution in [1.29, 1.82) is 0 Å². The van der Waals surface area contributed by atoms with E-state index in [2.05, 4.69) is 33.4 Å². The van der Waals surface area contributed by atoms with Crippen molar-refractivity contribution in [3.8, 4) is 5.75 Å². The first kappa shape index (κ1) is 16.0. The summed E-state index contributed by atoms with van der Waals surface area (Å²) in [4.78, 5) is 0. The fourth-order valence-corrected chi connectivity index (χ4v) is 2.79. The monoisotopic (exact) mass is 351 g/mol. The standard InChI is InChI=1S/C17H19BrFNO/c1-20-15(9-12-3-7-16(21-2)8-4-12)10-13-5-6-14(19)11-17(13)18/h3-8,11,15,20H,9-10H2,1-2H3. The van der Waals surface area contributed by atoms with Crippen molar-refractivity contribution < 1.29 is 9.13 Å². The Balaban J connectivity index is 2.05. The first-order valence-electron chi connectivity index (χ1n) is 6.86. The first-order chi connectivity index (χ1) is 10.1. The molecule has 0 fully saturated rings. The third-order valence-electron chi connectivity index (χ3n) is 3.53. The van der Waals surface area contributed by atoms with Crippen molar-refractivity contribution >= 4 is 15.9 Å². The van der Waals surface area contributed by atoms with Gasteiger partial charge in [-0.15, -0.1) is 0 Å². The van der Waals surface area contributed by atoms with Crippen molar-refractivity contribution in [2.24, 2.45) is 0 Å². The molecule has 0 amide bonds. The number of likely N-dealkylation sites (N-methyl/N-ethyl adjacent to an activating group) is 1. The summed E-state index contributed by atoms with van der Waals surface area (Å²) in [5.74, 6) is 0.642. The second-order valence-electron chi connectivity index (χ2n) is 4.98. The molecule has 112 valence electrons. The fraction of sp³-hybridized carbons (Fsp3) is 0.294. The van der Waals surface area contributed by atoms with Crippen molar-refractivity contribution in [2.75, 3.05) is 14.2 Å².